The molecule has 7 heteroatoms. The Labute approximate surface area is 189 Å². The van der Waals surface area contributed by atoms with Crippen molar-refractivity contribution in [1.29, 1.82) is 0 Å². The molecule has 3 rings (SSSR count). The molecule has 0 aliphatic rings. The first kappa shape index (κ1) is 23.0. The molecular weight excluding hydrogens is 479 g/mol. The summed E-state index contributed by atoms with van der Waals surface area (Å²) in [5, 5.41) is 8.90. The van der Waals surface area contributed by atoms with Gasteiger partial charge in [-0.3, -0.25) is 4.99 Å². The fraction of sp³-hybridized carbons (Fsp3) is 0.364. The standard InChI is InChI=1S/C22H28N4O2.HI/c1-22(2,3)19-13-24-20(28-19)14-26-21(23-4)25-12-15-6-7-17-11-18(27-5)9-8-16(17)10-15;/h6-11,13H,12,14H2,1-5H3,(H2,23,25,26);1H. The lowest BCUT2D eigenvalue weighted by atomic mass is 9.94. The van der Waals surface area contributed by atoms with Gasteiger partial charge in [-0.1, -0.05) is 39.0 Å². The number of oxazole rings is 1. The minimum atomic E-state index is -0.0503. The smallest absolute Gasteiger partial charge is 0.213 e. The first-order valence-electron chi connectivity index (χ1n) is 9.35. The van der Waals surface area contributed by atoms with Crippen molar-refractivity contribution in [2.45, 2.75) is 39.3 Å². The minimum Gasteiger partial charge on any atom is -0.497 e. The topological polar surface area (TPSA) is 71.7 Å². The summed E-state index contributed by atoms with van der Waals surface area (Å²) in [4.78, 5) is 8.60. The van der Waals surface area contributed by atoms with Gasteiger partial charge < -0.3 is 19.8 Å². The van der Waals surface area contributed by atoms with Gasteiger partial charge in [-0.2, -0.15) is 0 Å². The maximum atomic E-state index is 5.81. The van der Waals surface area contributed by atoms with Crippen LogP contribution in [0.5, 0.6) is 5.75 Å². The molecular formula is C22H29IN4O2. The summed E-state index contributed by atoms with van der Waals surface area (Å²) in [6.45, 7) is 7.45. The van der Waals surface area contributed by atoms with Crippen molar-refractivity contribution in [3.8, 4) is 5.75 Å². The molecule has 3 aromatic rings. The van der Waals surface area contributed by atoms with Crippen molar-refractivity contribution in [2.24, 2.45) is 4.99 Å². The predicted molar refractivity (Wildman–Crippen MR) is 128 cm³/mol. The van der Waals surface area contributed by atoms with Crippen molar-refractivity contribution in [3.63, 3.8) is 0 Å². The van der Waals surface area contributed by atoms with Gasteiger partial charge >= 0.3 is 0 Å². The number of fused-ring (bicyclic) bond motifs is 1. The van der Waals surface area contributed by atoms with Crippen LogP contribution in [0.1, 0.15) is 38.0 Å². The van der Waals surface area contributed by atoms with Gasteiger partial charge in [0.1, 0.15) is 11.5 Å². The fourth-order valence-corrected chi connectivity index (χ4v) is 2.81. The van der Waals surface area contributed by atoms with Crippen LogP contribution in [0.3, 0.4) is 0 Å². The first-order valence-corrected chi connectivity index (χ1v) is 9.35. The quantitative estimate of drug-likeness (QED) is 0.299. The number of guanidine groups is 1. The van der Waals surface area contributed by atoms with Crippen molar-refractivity contribution in [2.75, 3.05) is 14.2 Å². The van der Waals surface area contributed by atoms with Gasteiger partial charge in [0.2, 0.25) is 5.89 Å². The van der Waals surface area contributed by atoms with Crippen LogP contribution >= 0.6 is 24.0 Å². The highest BCUT2D eigenvalue weighted by molar-refractivity contribution is 14.0. The summed E-state index contributed by atoms with van der Waals surface area (Å²) in [5.74, 6) is 3.09. The summed E-state index contributed by atoms with van der Waals surface area (Å²) < 4.78 is 11.1. The van der Waals surface area contributed by atoms with Crippen molar-refractivity contribution in [3.05, 3.63) is 59.8 Å². The average Bonchev–Trinajstić information content (AvgIpc) is 3.17. The number of benzene rings is 2. The number of rotatable bonds is 5. The van der Waals surface area contributed by atoms with E-state index in [1.165, 1.54) is 10.9 Å². The lowest BCUT2D eigenvalue weighted by Gasteiger charge is -2.13. The largest absolute Gasteiger partial charge is 0.497 e. The number of ether oxygens (including phenoxy) is 1. The molecule has 0 aliphatic carbocycles. The van der Waals surface area contributed by atoms with Crippen LogP contribution in [-0.4, -0.2) is 25.1 Å². The molecule has 0 unspecified atom stereocenters. The summed E-state index contributed by atoms with van der Waals surface area (Å²) in [6, 6.07) is 12.5. The monoisotopic (exact) mass is 508 g/mol. The van der Waals surface area contributed by atoms with Crippen molar-refractivity contribution in [1.82, 2.24) is 15.6 Å². The van der Waals surface area contributed by atoms with Crippen LogP contribution < -0.4 is 15.4 Å². The van der Waals surface area contributed by atoms with Gasteiger partial charge in [-0.15, -0.1) is 24.0 Å². The lowest BCUT2D eigenvalue weighted by molar-refractivity contribution is 0.379. The molecule has 0 amide bonds. The van der Waals surface area contributed by atoms with E-state index in [9.17, 15) is 0 Å². The van der Waals surface area contributed by atoms with Crippen LogP contribution in [-0.2, 0) is 18.5 Å². The van der Waals surface area contributed by atoms with Crippen LogP contribution in [0.4, 0.5) is 0 Å². The molecule has 156 valence electrons. The molecule has 2 aromatic carbocycles. The summed E-state index contributed by atoms with van der Waals surface area (Å²) in [5.41, 5.74) is 1.12. The maximum absolute atomic E-state index is 5.81. The van der Waals surface area contributed by atoms with Gasteiger partial charge in [0, 0.05) is 19.0 Å². The lowest BCUT2D eigenvalue weighted by Crippen LogP contribution is -2.36. The molecule has 1 heterocycles. The van der Waals surface area contributed by atoms with E-state index in [4.69, 9.17) is 9.15 Å². The van der Waals surface area contributed by atoms with E-state index in [1.54, 1.807) is 20.4 Å². The Kier molecular flexibility index (Phi) is 7.89. The number of hydrogen-bond acceptors (Lipinski definition) is 4. The van der Waals surface area contributed by atoms with E-state index in [0.29, 0.717) is 24.9 Å². The normalized spacial score (nSPS) is 11.8. The molecule has 0 saturated heterocycles. The first-order chi connectivity index (χ1) is 13.4. The molecule has 2 N–H and O–H groups in total. The van der Waals surface area contributed by atoms with Gasteiger partial charge in [-0.05, 0) is 34.5 Å². The second-order valence-electron chi connectivity index (χ2n) is 7.70. The Hall–Kier alpha value is -2.29. The average molecular weight is 508 g/mol. The molecule has 0 spiro atoms. The zero-order valence-corrected chi connectivity index (χ0v) is 19.9. The maximum Gasteiger partial charge on any atom is 0.213 e. The number of aliphatic imine (C=N–C) groups is 1. The SMILES string of the molecule is CN=C(NCc1ccc2cc(OC)ccc2c1)NCc1ncc(C(C)(C)C)o1.I. The summed E-state index contributed by atoms with van der Waals surface area (Å²) in [7, 11) is 3.43. The Balaban J connectivity index is 0.00000300. The van der Waals surface area contributed by atoms with Crippen LogP contribution in [0.2, 0.25) is 0 Å². The zero-order valence-electron chi connectivity index (χ0n) is 17.6. The van der Waals surface area contributed by atoms with E-state index < -0.39 is 0 Å². The van der Waals surface area contributed by atoms with E-state index in [1.807, 2.05) is 12.1 Å². The Morgan fingerprint density at radius 1 is 1.07 bits per heavy atom. The molecule has 0 saturated carbocycles. The van der Waals surface area contributed by atoms with E-state index in [-0.39, 0.29) is 29.4 Å². The highest BCUT2D eigenvalue weighted by Crippen LogP contribution is 2.23. The van der Waals surface area contributed by atoms with Crippen LogP contribution in [0.25, 0.3) is 10.8 Å². The highest BCUT2D eigenvalue weighted by Gasteiger charge is 2.19. The fourth-order valence-electron chi connectivity index (χ4n) is 2.81. The molecule has 1 aromatic heterocycles. The van der Waals surface area contributed by atoms with Gasteiger partial charge in [0.05, 0.1) is 19.9 Å². The van der Waals surface area contributed by atoms with E-state index >= 15 is 0 Å². The third-order valence-electron chi connectivity index (χ3n) is 4.50. The predicted octanol–water partition coefficient (Wildman–Crippen LogP) is 4.62. The number of halogens is 1. The third-order valence-corrected chi connectivity index (χ3v) is 4.50. The molecule has 0 bridgehead atoms. The summed E-state index contributed by atoms with van der Waals surface area (Å²) >= 11 is 0. The van der Waals surface area contributed by atoms with Gasteiger partial charge in [0.15, 0.2) is 5.96 Å². The molecule has 0 fully saturated rings. The van der Waals surface area contributed by atoms with Gasteiger partial charge in [0.25, 0.3) is 0 Å². The number of methoxy groups -OCH3 is 1. The Morgan fingerprint density at radius 2 is 1.76 bits per heavy atom. The van der Waals surface area contributed by atoms with Crippen LogP contribution in [0.15, 0.2) is 52.0 Å². The second-order valence-corrected chi connectivity index (χ2v) is 7.70. The van der Waals surface area contributed by atoms with Crippen molar-refractivity contribution >= 4 is 40.7 Å². The van der Waals surface area contributed by atoms with E-state index in [2.05, 4.69) is 65.6 Å². The number of aromatic nitrogens is 1. The molecule has 0 aliphatic heterocycles. The minimum absolute atomic E-state index is 0. The Bertz CT molecular complexity index is 976. The molecule has 0 atom stereocenters. The third kappa shape index (κ3) is 6.09. The highest BCUT2D eigenvalue weighted by atomic mass is 127. The van der Waals surface area contributed by atoms with E-state index in [0.717, 1.165) is 16.9 Å². The number of nitrogens with zero attached hydrogens (tertiary/aromatic N) is 2. The number of hydrogen-bond donors (Lipinski definition) is 2. The zero-order chi connectivity index (χ0) is 20.1. The van der Waals surface area contributed by atoms with Crippen molar-refractivity contribution < 1.29 is 9.15 Å². The van der Waals surface area contributed by atoms with Gasteiger partial charge in [-0.25, -0.2) is 4.98 Å². The second kappa shape index (κ2) is 9.96. The number of nitrogens with one attached hydrogen (secondary N) is 2. The Morgan fingerprint density at radius 3 is 2.41 bits per heavy atom. The molecule has 0 radical (unpaired) electrons. The van der Waals surface area contributed by atoms with Crippen LogP contribution in [0, 0.1) is 0 Å². The summed E-state index contributed by atoms with van der Waals surface area (Å²) in [6.07, 6.45) is 1.79. The molecule has 29 heavy (non-hydrogen) atoms. The molecule has 6 nitrogen and oxygen atoms in total.